The van der Waals surface area contributed by atoms with Crippen molar-refractivity contribution in [2.75, 3.05) is 11.9 Å². The maximum absolute atomic E-state index is 12.2. The minimum Gasteiger partial charge on any atom is -0.370 e. The van der Waals surface area contributed by atoms with Crippen molar-refractivity contribution in [3.63, 3.8) is 0 Å². The number of aromatic nitrogens is 1. The number of nitrogens with zero attached hydrogens (tertiary/aromatic N) is 1. The Balaban J connectivity index is 2.06. The summed E-state index contributed by atoms with van der Waals surface area (Å²) in [6.07, 6.45) is 4.33. The van der Waals surface area contributed by atoms with Crippen molar-refractivity contribution in [2.24, 2.45) is 5.92 Å². The van der Waals surface area contributed by atoms with Crippen LogP contribution in [0, 0.1) is 5.92 Å². The fraction of sp³-hybridized carbons (Fsp3) is 0.615. The van der Waals surface area contributed by atoms with Crippen molar-refractivity contribution in [3.05, 3.63) is 18.3 Å². The molecule has 2 unspecified atom stereocenters. The van der Waals surface area contributed by atoms with Crippen molar-refractivity contribution < 1.29 is 8.42 Å². The van der Waals surface area contributed by atoms with Gasteiger partial charge in [0.1, 0.15) is 10.7 Å². The fourth-order valence-electron chi connectivity index (χ4n) is 2.43. The van der Waals surface area contributed by atoms with E-state index in [2.05, 4.69) is 21.9 Å². The van der Waals surface area contributed by atoms with Crippen LogP contribution in [-0.2, 0) is 10.0 Å². The van der Waals surface area contributed by atoms with Crippen molar-refractivity contribution in [1.29, 1.82) is 0 Å². The lowest BCUT2D eigenvalue weighted by Gasteiger charge is -2.13. The first kappa shape index (κ1) is 14.3. The Labute approximate surface area is 114 Å². The summed E-state index contributed by atoms with van der Waals surface area (Å²) >= 11 is 0. The van der Waals surface area contributed by atoms with Crippen LogP contribution in [0.3, 0.4) is 0 Å². The topological polar surface area (TPSA) is 71.1 Å². The van der Waals surface area contributed by atoms with E-state index in [0.717, 1.165) is 25.8 Å². The van der Waals surface area contributed by atoms with Crippen molar-refractivity contribution in [1.82, 2.24) is 9.71 Å². The maximum atomic E-state index is 12.2. The molecule has 0 amide bonds. The lowest BCUT2D eigenvalue weighted by Crippen LogP contribution is -2.33. The van der Waals surface area contributed by atoms with Crippen LogP contribution in [-0.4, -0.2) is 26.0 Å². The highest BCUT2D eigenvalue weighted by atomic mass is 32.2. The number of sulfonamides is 1. The quantitative estimate of drug-likeness (QED) is 0.867. The second kappa shape index (κ2) is 5.88. The zero-order valence-corrected chi connectivity index (χ0v) is 12.2. The van der Waals surface area contributed by atoms with E-state index >= 15 is 0 Å². The molecule has 1 aromatic rings. The number of anilines is 1. The van der Waals surface area contributed by atoms with Crippen LogP contribution in [0.5, 0.6) is 0 Å². The number of hydrogen-bond donors (Lipinski definition) is 2. The third-order valence-electron chi connectivity index (χ3n) is 3.42. The van der Waals surface area contributed by atoms with Gasteiger partial charge in [-0.1, -0.05) is 6.92 Å². The molecule has 0 radical (unpaired) electrons. The Morgan fingerprint density at radius 2 is 2.16 bits per heavy atom. The van der Waals surface area contributed by atoms with Crippen LogP contribution in [0.4, 0.5) is 5.82 Å². The summed E-state index contributed by atoms with van der Waals surface area (Å²) in [7, 11) is -3.44. The third-order valence-corrected chi connectivity index (χ3v) is 4.93. The summed E-state index contributed by atoms with van der Waals surface area (Å²) in [5, 5.41) is 3.04. The smallest absolute Gasteiger partial charge is 0.242 e. The molecule has 1 aliphatic rings. The van der Waals surface area contributed by atoms with Gasteiger partial charge in [-0.15, -0.1) is 0 Å². The summed E-state index contributed by atoms with van der Waals surface area (Å²) in [6.45, 7) is 4.88. The Bertz CT molecular complexity index is 513. The predicted molar refractivity (Wildman–Crippen MR) is 75.5 cm³/mol. The number of rotatable bonds is 5. The highest BCUT2D eigenvalue weighted by Gasteiger charge is 2.26. The molecule has 106 valence electrons. The van der Waals surface area contributed by atoms with Gasteiger partial charge in [0.25, 0.3) is 0 Å². The second-order valence-corrected chi connectivity index (χ2v) is 6.86. The number of pyridine rings is 1. The third kappa shape index (κ3) is 3.67. The van der Waals surface area contributed by atoms with Crippen LogP contribution >= 0.6 is 0 Å². The monoisotopic (exact) mass is 283 g/mol. The van der Waals surface area contributed by atoms with E-state index in [0.29, 0.717) is 11.7 Å². The summed E-state index contributed by atoms with van der Waals surface area (Å²) in [4.78, 5) is 4.32. The normalized spacial score (nSPS) is 23.5. The molecule has 6 heteroatoms. The Morgan fingerprint density at radius 3 is 2.68 bits per heavy atom. The van der Waals surface area contributed by atoms with Crippen LogP contribution in [0.15, 0.2) is 23.2 Å². The summed E-state index contributed by atoms with van der Waals surface area (Å²) in [5.41, 5.74) is 0. The van der Waals surface area contributed by atoms with Gasteiger partial charge in [0.05, 0.1) is 0 Å². The van der Waals surface area contributed by atoms with E-state index in [1.165, 1.54) is 6.20 Å². The number of nitrogens with one attached hydrogen (secondary N) is 2. The molecule has 2 N–H and O–H groups in total. The highest BCUT2D eigenvalue weighted by molar-refractivity contribution is 7.89. The molecular weight excluding hydrogens is 262 g/mol. The lowest BCUT2D eigenvalue weighted by atomic mass is 10.1. The van der Waals surface area contributed by atoms with Crippen LogP contribution < -0.4 is 10.0 Å². The van der Waals surface area contributed by atoms with Crippen molar-refractivity contribution in [2.45, 2.75) is 44.0 Å². The lowest BCUT2D eigenvalue weighted by molar-refractivity contribution is 0.538. The van der Waals surface area contributed by atoms with Gasteiger partial charge in [0, 0.05) is 18.8 Å². The minimum atomic E-state index is -3.44. The van der Waals surface area contributed by atoms with Gasteiger partial charge in [0.2, 0.25) is 10.0 Å². The molecule has 0 bridgehead atoms. The Kier molecular flexibility index (Phi) is 4.42. The maximum Gasteiger partial charge on any atom is 0.242 e. The number of hydrogen-bond acceptors (Lipinski definition) is 4. The van der Waals surface area contributed by atoms with Crippen LogP contribution in [0.1, 0.15) is 33.1 Å². The first-order chi connectivity index (χ1) is 9.01. The van der Waals surface area contributed by atoms with Gasteiger partial charge < -0.3 is 5.32 Å². The van der Waals surface area contributed by atoms with E-state index < -0.39 is 10.0 Å². The predicted octanol–water partition coefficient (Wildman–Crippen LogP) is 1.98. The Hall–Kier alpha value is -1.14. The van der Waals surface area contributed by atoms with E-state index in [4.69, 9.17) is 0 Å². The fourth-order valence-corrected chi connectivity index (χ4v) is 3.65. The first-order valence-electron chi connectivity index (χ1n) is 6.73. The summed E-state index contributed by atoms with van der Waals surface area (Å²) < 4.78 is 27.2. The molecule has 1 aliphatic carbocycles. The van der Waals surface area contributed by atoms with Gasteiger partial charge >= 0.3 is 0 Å². The molecule has 1 heterocycles. The molecule has 0 spiro atoms. The molecule has 1 aromatic heterocycles. The average molecular weight is 283 g/mol. The van der Waals surface area contributed by atoms with Crippen LogP contribution in [0.25, 0.3) is 0 Å². The second-order valence-electron chi connectivity index (χ2n) is 5.15. The van der Waals surface area contributed by atoms with Crippen molar-refractivity contribution in [3.8, 4) is 0 Å². The molecule has 1 saturated carbocycles. The molecular formula is C13H21N3O2S. The van der Waals surface area contributed by atoms with Gasteiger partial charge in [-0.05, 0) is 44.2 Å². The molecule has 0 saturated heterocycles. The van der Waals surface area contributed by atoms with Crippen LogP contribution in [0.2, 0.25) is 0 Å². The van der Waals surface area contributed by atoms with E-state index in [9.17, 15) is 8.42 Å². The molecule has 5 nitrogen and oxygen atoms in total. The molecule has 2 atom stereocenters. The average Bonchev–Trinajstić information content (AvgIpc) is 2.75. The largest absolute Gasteiger partial charge is 0.370 e. The van der Waals surface area contributed by atoms with E-state index in [1.807, 2.05) is 6.92 Å². The van der Waals surface area contributed by atoms with Gasteiger partial charge in [-0.25, -0.2) is 18.1 Å². The molecule has 2 rings (SSSR count). The van der Waals surface area contributed by atoms with E-state index in [-0.39, 0.29) is 10.9 Å². The standard InChI is InChI=1S/C13H21N3O2S/c1-3-14-13-7-6-12(9-15-13)19(17,18)16-11-5-4-10(2)8-11/h6-7,9-11,16H,3-5,8H2,1-2H3,(H,14,15). The summed E-state index contributed by atoms with van der Waals surface area (Å²) in [6, 6.07) is 3.34. The minimum absolute atomic E-state index is 0.0634. The van der Waals surface area contributed by atoms with Gasteiger partial charge in [-0.3, -0.25) is 0 Å². The molecule has 19 heavy (non-hydrogen) atoms. The van der Waals surface area contributed by atoms with E-state index in [1.54, 1.807) is 12.1 Å². The zero-order valence-electron chi connectivity index (χ0n) is 11.4. The Morgan fingerprint density at radius 1 is 1.37 bits per heavy atom. The zero-order chi connectivity index (χ0) is 13.9. The molecule has 1 fully saturated rings. The molecule has 0 aromatic carbocycles. The highest BCUT2D eigenvalue weighted by Crippen LogP contribution is 2.26. The van der Waals surface area contributed by atoms with Crippen molar-refractivity contribution >= 4 is 15.8 Å². The van der Waals surface area contributed by atoms with Gasteiger partial charge in [-0.2, -0.15) is 0 Å². The molecule has 0 aliphatic heterocycles. The van der Waals surface area contributed by atoms with Gasteiger partial charge in [0.15, 0.2) is 0 Å². The first-order valence-corrected chi connectivity index (χ1v) is 8.22. The SMILES string of the molecule is CCNc1ccc(S(=O)(=O)NC2CCC(C)C2)cn1. The summed E-state index contributed by atoms with van der Waals surface area (Å²) in [5.74, 6) is 1.29.